The number of allylic oxidation sites excluding steroid dienone is 2. The topological polar surface area (TPSA) is 9.23 Å². The molecule has 2 heteroatoms. The lowest BCUT2D eigenvalue weighted by molar-refractivity contribution is 0.184. The van der Waals surface area contributed by atoms with E-state index in [1.807, 2.05) is 24.3 Å². The molecular weight excluding hydrogens is 383 g/mol. The quantitative estimate of drug-likeness (QED) is 0.370. The van der Waals surface area contributed by atoms with Crippen LogP contribution in [0.2, 0.25) is 0 Å². The summed E-state index contributed by atoms with van der Waals surface area (Å²) in [4.78, 5) is 0. The van der Waals surface area contributed by atoms with Crippen LogP contribution in [0.4, 0.5) is 4.39 Å². The first-order chi connectivity index (χ1) is 15.2. The van der Waals surface area contributed by atoms with Crippen LogP contribution in [0.15, 0.2) is 78.9 Å². The molecule has 1 aliphatic rings. The highest BCUT2D eigenvalue weighted by atomic mass is 19.1. The third kappa shape index (κ3) is 5.14. The number of halogens is 1. The van der Waals surface area contributed by atoms with Gasteiger partial charge in [-0.25, -0.2) is 4.39 Å². The minimum atomic E-state index is -0.212. The molecule has 1 aliphatic carbocycles. The van der Waals surface area contributed by atoms with Gasteiger partial charge in [0.2, 0.25) is 0 Å². The van der Waals surface area contributed by atoms with Gasteiger partial charge in [0, 0.05) is 12.7 Å². The van der Waals surface area contributed by atoms with Crippen molar-refractivity contribution in [2.75, 3.05) is 7.11 Å². The molecule has 31 heavy (non-hydrogen) atoms. The maximum Gasteiger partial charge on any atom is 0.131 e. The van der Waals surface area contributed by atoms with Crippen LogP contribution < -0.4 is 0 Å². The second kappa shape index (κ2) is 10.1. The Hall–Kier alpha value is -2.71. The number of hydrogen-bond donors (Lipinski definition) is 0. The molecule has 0 radical (unpaired) electrons. The van der Waals surface area contributed by atoms with Crippen molar-refractivity contribution in [3.05, 3.63) is 95.8 Å². The summed E-state index contributed by atoms with van der Waals surface area (Å²) in [6.45, 7) is 2.54. The van der Waals surface area contributed by atoms with Gasteiger partial charge in [0.1, 0.15) is 5.82 Å². The summed E-state index contributed by atoms with van der Waals surface area (Å²) in [7, 11) is 1.62. The monoisotopic (exact) mass is 414 g/mol. The fraction of sp³-hybridized carbons (Fsp3) is 0.310. The van der Waals surface area contributed by atoms with Crippen molar-refractivity contribution < 1.29 is 9.13 Å². The SMILES string of the molecule is C/C=C\C1CCC(c2ccc(-c3ccc(-c4ccc(COC)cc4F)cc3)cc2)CC1. The highest BCUT2D eigenvalue weighted by Crippen LogP contribution is 2.37. The standard InChI is InChI=1S/C29H31FO/c1-3-4-21-5-8-23(9-6-21)24-10-12-25(13-11-24)26-14-16-27(17-15-26)28-18-7-22(20-31-2)19-29(28)30/h3-4,7,10-19,21,23H,5-6,8-9,20H2,1-2H3/b4-3-. The summed E-state index contributed by atoms with van der Waals surface area (Å²) in [5.74, 6) is 1.23. The molecule has 0 N–H and O–H groups in total. The smallest absolute Gasteiger partial charge is 0.131 e. The number of ether oxygens (including phenoxy) is 1. The Bertz CT molecular complexity index is 1010. The molecule has 0 spiro atoms. The summed E-state index contributed by atoms with van der Waals surface area (Å²) >= 11 is 0. The average Bonchev–Trinajstić information content (AvgIpc) is 2.81. The van der Waals surface area contributed by atoms with Gasteiger partial charge in [-0.05, 0) is 78.3 Å². The van der Waals surface area contributed by atoms with Crippen molar-refractivity contribution in [1.82, 2.24) is 0 Å². The zero-order valence-corrected chi connectivity index (χ0v) is 18.5. The van der Waals surface area contributed by atoms with Gasteiger partial charge >= 0.3 is 0 Å². The van der Waals surface area contributed by atoms with Crippen LogP contribution in [-0.4, -0.2) is 7.11 Å². The number of hydrogen-bond acceptors (Lipinski definition) is 1. The Kier molecular flexibility index (Phi) is 6.99. The Labute approximate surface area is 185 Å². The highest BCUT2D eigenvalue weighted by Gasteiger charge is 2.20. The molecule has 3 aromatic rings. The van der Waals surface area contributed by atoms with Crippen LogP contribution in [0.1, 0.15) is 49.7 Å². The first-order valence-corrected chi connectivity index (χ1v) is 11.3. The van der Waals surface area contributed by atoms with Crippen LogP contribution in [-0.2, 0) is 11.3 Å². The van der Waals surface area contributed by atoms with E-state index in [0.29, 0.717) is 18.1 Å². The van der Waals surface area contributed by atoms with Crippen LogP contribution in [0.3, 0.4) is 0 Å². The van der Waals surface area contributed by atoms with E-state index in [0.717, 1.165) is 22.6 Å². The summed E-state index contributed by atoms with van der Waals surface area (Å²) in [6, 6.07) is 22.5. The van der Waals surface area contributed by atoms with Gasteiger partial charge in [0.15, 0.2) is 0 Å². The molecular formula is C29H31FO. The van der Waals surface area contributed by atoms with E-state index in [1.54, 1.807) is 13.2 Å². The average molecular weight is 415 g/mol. The van der Waals surface area contributed by atoms with Gasteiger partial charge < -0.3 is 4.74 Å². The van der Waals surface area contributed by atoms with Crippen LogP contribution >= 0.6 is 0 Å². The van der Waals surface area contributed by atoms with Gasteiger partial charge in [-0.2, -0.15) is 0 Å². The van der Waals surface area contributed by atoms with Crippen molar-refractivity contribution in [3.63, 3.8) is 0 Å². The fourth-order valence-electron chi connectivity index (χ4n) is 4.76. The molecule has 1 saturated carbocycles. The van der Waals surface area contributed by atoms with Crippen molar-refractivity contribution in [2.24, 2.45) is 5.92 Å². The molecule has 0 amide bonds. The van der Waals surface area contributed by atoms with Gasteiger partial charge in [-0.15, -0.1) is 0 Å². The van der Waals surface area contributed by atoms with Gasteiger partial charge in [-0.3, -0.25) is 0 Å². The Morgan fingerprint density at radius 2 is 1.45 bits per heavy atom. The normalized spacial score (nSPS) is 19.1. The van der Waals surface area contributed by atoms with E-state index < -0.39 is 0 Å². The number of methoxy groups -OCH3 is 1. The van der Waals surface area contributed by atoms with Gasteiger partial charge in [-0.1, -0.05) is 72.8 Å². The molecule has 1 nitrogen and oxygen atoms in total. The van der Waals surface area contributed by atoms with Gasteiger partial charge in [0.05, 0.1) is 6.61 Å². The van der Waals surface area contributed by atoms with E-state index in [-0.39, 0.29) is 5.82 Å². The summed E-state index contributed by atoms with van der Waals surface area (Å²) in [5.41, 5.74) is 6.17. The summed E-state index contributed by atoms with van der Waals surface area (Å²) < 4.78 is 19.6. The molecule has 0 bridgehead atoms. The Balaban J connectivity index is 1.45. The Morgan fingerprint density at radius 1 is 0.839 bits per heavy atom. The predicted octanol–water partition coefficient (Wildman–Crippen LogP) is 8.16. The molecule has 160 valence electrons. The van der Waals surface area contributed by atoms with E-state index >= 15 is 0 Å². The van der Waals surface area contributed by atoms with Crippen molar-refractivity contribution in [1.29, 1.82) is 0 Å². The first kappa shape index (κ1) is 21.5. The third-order valence-corrected chi connectivity index (χ3v) is 6.49. The molecule has 0 unspecified atom stereocenters. The second-order valence-corrected chi connectivity index (χ2v) is 8.58. The Morgan fingerprint density at radius 3 is 2.03 bits per heavy atom. The lowest BCUT2D eigenvalue weighted by Gasteiger charge is -2.27. The molecule has 1 fully saturated rings. The largest absolute Gasteiger partial charge is 0.380 e. The fourth-order valence-corrected chi connectivity index (χ4v) is 4.76. The van der Waals surface area contributed by atoms with Crippen molar-refractivity contribution >= 4 is 0 Å². The zero-order chi connectivity index (χ0) is 21.6. The maximum atomic E-state index is 14.5. The lowest BCUT2D eigenvalue weighted by Crippen LogP contribution is -2.11. The highest BCUT2D eigenvalue weighted by molar-refractivity contribution is 5.71. The van der Waals surface area contributed by atoms with E-state index in [2.05, 4.69) is 55.5 Å². The maximum absolute atomic E-state index is 14.5. The van der Waals surface area contributed by atoms with Crippen molar-refractivity contribution in [2.45, 2.75) is 45.1 Å². The summed E-state index contributed by atoms with van der Waals surface area (Å²) in [5, 5.41) is 0. The lowest BCUT2D eigenvalue weighted by atomic mass is 9.78. The third-order valence-electron chi connectivity index (χ3n) is 6.49. The van der Waals surface area contributed by atoms with Crippen LogP contribution in [0.5, 0.6) is 0 Å². The molecule has 0 aromatic heterocycles. The second-order valence-electron chi connectivity index (χ2n) is 8.58. The summed E-state index contributed by atoms with van der Waals surface area (Å²) in [6.07, 6.45) is 9.69. The minimum absolute atomic E-state index is 0.212. The van der Waals surface area contributed by atoms with Crippen molar-refractivity contribution in [3.8, 4) is 22.3 Å². The van der Waals surface area contributed by atoms with Gasteiger partial charge in [0.25, 0.3) is 0 Å². The number of benzene rings is 3. The zero-order valence-electron chi connectivity index (χ0n) is 18.5. The van der Waals surface area contributed by atoms with E-state index in [1.165, 1.54) is 36.8 Å². The van der Waals surface area contributed by atoms with Crippen LogP contribution in [0.25, 0.3) is 22.3 Å². The molecule has 0 saturated heterocycles. The van der Waals surface area contributed by atoms with Crippen LogP contribution in [0, 0.1) is 11.7 Å². The molecule has 0 aliphatic heterocycles. The minimum Gasteiger partial charge on any atom is -0.380 e. The molecule has 0 heterocycles. The molecule has 4 rings (SSSR count). The number of rotatable bonds is 6. The predicted molar refractivity (Wildman–Crippen MR) is 127 cm³/mol. The molecule has 0 atom stereocenters. The molecule has 3 aromatic carbocycles. The van der Waals surface area contributed by atoms with E-state index in [9.17, 15) is 4.39 Å². The first-order valence-electron chi connectivity index (χ1n) is 11.3. The van der Waals surface area contributed by atoms with E-state index in [4.69, 9.17) is 4.74 Å².